The number of fused-ring (bicyclic) bond motifs is 1. The summed E-state index contributed by atoms with van der Waals surface area (Å²) >= 11 is 1.78. The Bertz CT molecular complexity index is 669. The van der Waals surface area contributed by atoms with Gasteiger partial charge in [0.25, 0.3) is 5.91 Å². The number of hydrogen-bond acceptors (Lipinski definition) is 3. The van der Waals surface area contributed by atoms with E-state index < -0.39 is 0 Å². The number of nitrogens with zero attached hydrogens (tertiary/aromatic N) is 1. The smallest absolute Gasteiger partial charge is 0.258 e. The summed E-state index contributed by atoms with van der Waals surface area (Å²) in [7, 11) is 0. The van der Waals surface area contributed by atoms with Crippen molar-refractivity contribution in [1.82, 2.24) is 0 Å². The lowest BCUT2D eigenvalue weighted by Gasteiger charge is -2.33. The molecule has 0 N–H and O–H groups in total. The molecular weight excluding hydrogens is 294 g/mol. The van der Waals surface area contributed by atoms with Crippen LogP contribution in [0.15, 0.2) is 48.5 Å². The summed E-state index contributed by atoms with van der Waals surface area (Å²) in [5.74, 6) is 1.76. The summed E-state index contributed by atoms with van der Waals surface area (Å²) in [6.45, 7) is 2.56. The van der Waals surface area contributed by atoms with Crippen molar-refractivity contribution in [2.45, 2.75) is 18.8 Å². The van der Waals surface area contributed by atoms with Gasteiger partial charge in [-0.2, -0.15) is 11.8 Å². The molecule has 0 aliphatic carbocycles. The second-order valence-corrected chi connectivity index (χ2v) is 6.31. The lowest BCUT2D eigenvalue weighted by atomic mass is 10.1. The van der Waals surface area contributed by atoms with E-state index in [1.165, 1.54) is 5.56 Å². The number of carbonyl (C=O) groups is 1. The van der Waals surface area contributed by atoms with Crippen LogP contribution >= 0.6 is 11.8 Å². The van der Waals surface area contributed by atoms with Crippen LogP contribution in [0.2, 0.25) is 0 Å². The number of benzene rings is 2. The van der Waals surface area contributed by atoms with E-state index in [4.69, 9.17) is 4.74 Å². The average Bonchev–Trinajstić information content (AvgIpc) is 2.54. The van der Waals surface area contributed by atoms with Gasteiger partial charge in [0.05, 0.1) is 12.2 Å². The molecule has 1 aliphatic heterocycles. The number of thioether (sulfide) groups is 1. The number of amides is 1. The molecule has 1 aliphatic rings. The average molecular weight is 313 g/mol. The third-order valence-corrected chi connectivity index (χ3v) is 4.30. The van der Waals surface area contributed by atoms with E-state index in [1.54, 1.807) is 11.8 Å². The highest BCUT2D eigenvalue weighted by Gasteiger charge is 2.27. The molecule has 0 bridgehead atoms. The van der Waals surface area contributed by atoms with Crippen molar-refractivity contribution >= 4 is 23.4 Å². The molecule has 1 unspecified atom stereocenters. The van der Waals surface area contributed by atoms with Gasteiger partial charge in [-0.15, -0.1) is 0 Å². The van der Waals surface area contributed by atoms with Gasteiger partial charge in [-0.05, 0) is 43.0 Å². The lowest BCUT2D eigenvalue weighted by Crippen LogP contribution is -2.42. The highest BCUT2D eigenvalue weighted by Crippen LogP contribution is 2.33. The van der Waals surface area contributed by atoms with Crippen LogP contribution in [-0.2, 0) is 5.75 Å². The molecule has 0 fully saturated rings. The minimum absolute atomic E-state index is 0.00499. The third kappa shape index (κ3) is 2.97. The van der Waals surface area contributed by atoms with Crippen molar-refractivity contribution in [1.29, 1.82) is 0 Å². The molecule has 1 atom stereocenters. The van der Waals surface area contributed by atoms with Crippen LogP contribution in [0.4, 0.5) is 5.69 Å². The number of carbonyl (C=O) groups excluding carboxylic acids is 1. The van der Waals surface area contributed by atoms with Crippen LogP contribution < -0.4 is 9.64 Å². The Balaban J connectivity index is 1.88. The van der Waals surface area contributed by atoms with E-state index >= 15 is 0 Å². The molecule has 1 amide bonds. The summed E-state index contributed by atoms with van der Waals surface area (Å²) in [6, 6.07) is 15.6. The molecular formula is C18H19NO2S. The van der Waals surface area contributed by atoms with Crippen molar-refractivity contribution in [3.63, 3.8) is 0 Å². The fraction of sp³-hybridized carbons (Fsp3) is 0.278. The van der Waals surface area contributed by atoms with Gasteiger partial charge in [-0.25, -0.2) is 0 Å². The van der Waals surface area contributed by atoms with Crippen LogP contribution in [0, 0.1) is 0 Å². The predicted octanol–water partition coefficient (Wildman–Crippen LogP) is 3.98. The molecule has 0 radical (unpaired) electrons. The summed E-state index contributed by atoms with van der Waals surface area (Å²) < 4.78 is 5.80. The van der Waals surface area contributed by atoms with Crippen LogP contribution in [0.25, 0.3) is 0 Å². The normalized spacial score (nSPS) is 16.8. The van der Waals surface area contributed by atoms with Gasteiger partial charge in [-0.1, -0.05) is 24.3 Å². The summed E-state index contributed by atoms with van der Waals surface area (Å²) in [5.41, 5.74) is 2.80. The van der Waals surface area contributed by atoms with Gasteiger partial charge in [0, 0.05) is 11.3 Å². The fourth-order valence-corrected chi connectivity index (χ4v) is 3.17. The first-order valence-corrected chi connectivity index (χ1v) is 8.74. The maximum Gasteiger partial charge on any atom is 0.258 e. The van der Waals surface area contributed by atoms with Gasteiger partial charge in [0.2, 0.25) is 0 Å². The number of rotatable bonds is 3. The molecule has 3 rings (SSSR count). The Hall–Kier alpha value is -1.94. The molecule has 0 spiro atoms. The standard InChI is InChI=1S/C18H19NO2S/c1-13-11-19(16-5-3-4-6-17(16)21-13)18(20)15-9-7-14(8-10-15)12-22-2/h3-10,13H,11-12H2,1-2H3. The SMILES string of the molecule is CSCc1ccc(C(=O)N2CC(C)Oc3ccccc32)cc1. The van der Waals surface area contributed by atoms with E-state index in [-0.39, 0.29) is 12.0 Å². The summed E-state index contributed by atoms with van der Waals surface area (Å²) in [5, 5.41) is 0. The third-order valence-electron chi connectivity index (χ3n) is 3.68. The molecule has 1 heterocycles. The molecule has 2 aromatic rings. The number of ether oxygens (including phenoxy) is 1. The predicted molar refractivity (Wildman–Crippen MR) is 91.9 cm³/mol. The molecule has 114 valence electrons. The summed E-state index contributed by atoms with van der Waals surface area (Å²) in [4.78, 5) is 14.7. The van der Waals surface area contributed by atoms with Crippen molar-refractivity contribution in [3.05, 3.63) is 59.7 Å². The van der Waals surface area contributed by atoms with Gasteiger partial charge in [0.1, 0.15) is 11.9 Å². The Morgan fingerprint density at radius 3 is 2.68 bits per heavy atom. The monoisotopic (exact) mass is 313 g/mol. The van der Waals surface area contributed by atoms with Crippen molar-refractivity contribution in [2.75, 3.05) is 17.7 Å². The zero-order chi connectivity index (χ0) is 15.5. The number of para-hydroxylation sites is 2. The summed E-state index contributed by atoms with van der Waals surface area (Å²) in [6.07, 6.45) is 2.07. The largest absolute Gasteiger partial charge is 0.487 e. The highest BCUT2D eigenvalue weighted by molar-refractivity contribution is 7.97. The van der Waals surface area contributed by atoms with E-state index in [0.717, 1.165) is 17.2 Å². The molecule has 3 nitrogen and oxygen atoms in total. The quantitative estimate of drug-likeness (QED) is 0.858. The number of anilines is 1. The molecule has 22 heavy (non-hydrogen) atoms. The maximum absolute atomic E-state index is 12.8. The second kappa shape index (κ2) is 6.44. The van der Waals surface area contributed by atoms with Crippen LogP contribution in [0.1, 0.15) is 22.8 Å². The topological polar surface area (TPSA) is 29.5 Å². The Morgan fingerprint density at radius 2 is 1.95 bits per heavy atom. The molecule has 4 heteroatoms. The first-order valence-electron chi connectivity index (χ1n) is 7.34. The van der Waals surface area contributed by atoms with Crippen LogP contribution in [-0.4, -0.2) is 24.8 Å². The van der Waals surface area contributed by atoms with E-state index in [2.05, 4.69) is 6.26 Å². The Labute approximate surface area is 135 Å². The van der Waals surface area contributed by atoms with Crippen LogP contribution in [0.5, 0.6) is 5.75 Å². The molecule has 0 saturated carbocycles. The van der Waals surface area contributed by atoms with Gasteiger partial charge in [-0.3, -0.25) is 4.79 Å². The molecule has 0 aromatic heterocycles. The zero-order valence-electron chi connectivity index (χ0n) is 12.8. The second-order valence-electron chi connectivity index (χ2n) is 5.44. The van der Waals surface area contributed by atoms with Gasteiger partial charge < -0.3 is 9.64 Å². The first-order chi connectivity index (χ1) is 10.7. The van der Waals surface area contributed by atoms with Gasteiger partial charge >= 0.3 is 0 Å². The number of hydrogen-bond donors (Lipinski definition) is 0. The van der Waals surface area contributed by atoms with E-state index in [1.807, 2.05) is 60.4 Å². The van der Waals surface area contributed by atoms with E-state index in [0.29, 0.717) is 12.1 Å². The van der Waals surface area contributed by atoms with Crippen LogP contribution in [0.3, 0.4) is 0 Å². The maximum atomic E-state index is 12.8. The highest BCUT2D eigenvalue weighted by atomic mass is 32.2. The van der Waals surface area contributed by atoms with Crippen molar-refractivity contribution in [3.8, 4) is 5.75 Å². The minimum Gasteiger partial charge on any atom is -0.487 e. The van der Waals surface area contributed by atoms with Crippen molar-refractivity contribution < 1.29 is 9.53 Å². The Kier molecular flexibility index (Phi) is 4.39. The Morgan fingerprint density at radius 1 is 1.23 bits per heavy atom. The van der Waals surface area contributed by atoms with Crippen molar-refractivity contribution in [2.24, 2.45) is 0 Å². The van der Waals surface area contributed by atoms with E-state index in [9.17, 15) is 4.79 Å². The minimum atomic E-state index is -0.00499. The lowest BCUT2D eigenvalue weighted by molar-refractivity contribution is 0.0961. The molecule has 0 saturated heterocycles. The fourth-order valence-electron chi connectivity index (χ4n) is 2.65. The van der Waals surface area contributed by atoms with Gasteiger partial charge in [0.15, 0.2) is 0 Å². The molecule has 2 aromatic carbocycles. The zero-order valence-corrected chi connectivity index (χ0v) is 13.6. The first kappa shape index (κ1) is 15.0.